The summed E-state index contributed by atoms with van der Waals surface area (Å²) in [7, 11) is 0. The predicted octanol–water partition coefficient (Wildman–Crippen LogP) is 4.97. The van der Waals surface area contributed by atoms with Gasteiger partial charge in [-0.05, 0) is 48.1 Å². The molecule has 1 aromatic rings. The van der Waals surface area contributed by atoms with Gasteiger partial charge in [-0.15, -0.1) is 0 Å². The number of benzene rings is 1. The zero-order chi connectivity index (χ0) is 14.3. The van der Waals surface area contributed by atoms with E-state index in [-0.39, 0.29) is 16.7 Å². The Bertz CT molecular complexity index is 424. The number of nitrogens with zero attached hydrogens (tertiary/aromatic N) is 1. The highest BCUT2D eigenvalue weighted by Gasteiger charge is 2.15. The lowest BCUT2D eigenvalue weighted by molar-refractivity contribution is -0.384. The van der Waals surface area contributed by atoms with Crippen LogP contribution in [0.1, 0.15) is 46.0 Å². The molecule has 0 spiro atoms. The average Bonchev–Trinajstić information content (AvgIpc) is 2.36. The molecule has 4 nitrogen and oxygen atoms in total. The Kier molecular flexibility index (Phi) is 7.12. The Morgan fingerprint density at radius 3 is 2.74 bits per heavy atom. The van der Waals surface area contributed by atoms with Crippen LogP contribution >= 0.6 is 22.6 Å². The summed E-state index contributed by atoms with van der Waals surface area (Å²) < 4.78 is 0.880. The van der Waals surface area contributed by atoms with Crippen LogP contribution in [0.3, 0.4) is 0 Å². The molecule has 0 aliphatic carbocycles. The van der Waals surface area contributed by atoms with E-state index in [0.717, 1.165) is 9.99 Å². The second-order valence-corrected chi connectivity index (χ2v) is 6.06. The zero-order valence-corrected chi connectivity index (χ0v) is 13.6. The molecule has 0 heterocycles. The van der Waals surface area contributed by atoms with E-state index in [4.69, 9.17) is 0 Å². The van der Waals surface area contributed by atoms with Crippen LogP contribution in [0.15, 0.2) is 18.2 Å². The Morgan fingerprint density at radius 2 is 2.11 bits per heavy atom. The zero-order valence-electron chi connectivity index (χ0n) is 11.5. The molecule has 0 saturated carbocycles. The Labute approximate surface area is 128 Å². The molecular formula is C14H21IN2O2. The van der Waals surface area contributed by atoms with E-state index in [1.807, 2.05) is 6.07 Å². The van der Waals surface area contributed by atoms with Gasteiger partial charge in [0.25, 0.3) is 5.69 Å². The Morgan fingerprint density at radius 1 is 1.37 bits per heavy atom. The van der Waals surface area contributed by atoms with Gasteiger partial charge in [0.05, 0.1) is 4.92 Å². The number of nitro benzene ring substituents is 1. The molecule has 0 radical (unpaired) electrons. The normalized spacial score (nSPS) is 12.2. The first-order chi connectivity index (χ1) is 9.04. The van der Waals surface area contributed by atoms with Crippen LogP contribution in [0.5, 0.6) is 0 Å². The molecule has 19 heavy (non-hydrogen) atoms. The summed E-state index contributed by atoms with van der Waals surface area (Å²) in [5.41, 5.74) is 0.778. The number of hydrogen-bond acceptors (Lipinski definition) is 3. The summed E-state index contributed by atoms with van der Waals surface area (Å²) in [6.07, 6.45) is 5.93. The summed E-state index contributed by atoms with van der Waals surface area (Å²) in [5.74, 6) is 0. The van der Waals surface area contributed by atoms with Crippen molar-refractivity contribution >= 4 is 34.0 Å². The second kappa shape index (κ2) is 8.35. The molecule has 1 unspecified atom stereocenters. The summed E-state index contributed by atoms with van der Waals surface area (Å²) >= 11 is 2.09. The van der Waals surface area contributed by atoms with Gasteiger partial charge in [0.2, 0.25) is 0 Å². The van der Waals surface area contributed by atoms with Gasteiger partial charge >= 0.3 is 0 Å². The van der Waals surface area contributed by atoms with E-state index in [0.29, 0.717) is 5.69 Å². The van der Waals surface area contributed by atoms with Gasteiger partial charge in [0.15, 0.2) is 0 Å². The standard InChI is InChI=1S/C14H21IN2O2/c1-3-4-5-6-7-11(2)16-13-9-8-12(15)10-14(13)17(18)19/h8-11,16H,3-7H2,1-2H3. The van der Waals surface area contributed by atoms with E-state index < -0.39 is 0 Å². The van der Waals surface area contributed by atoms with E-state index in [2.05, 4.69) is 41.8 Å². The minimum absolute atomic E-state index is 0.160. The van der Waals surface area contributed by atoms with Crippen LogP contribution in [-0.4, -0.2) is 11.0 Å². The smallest absolute Gasteiger partial charge is 0.293 e. The molecule has 0 aromatic heterocycles. The summed E-state index contributed by atoms with van der Waals surface area (Å²) in [6, 6.07) is 5.55. The number of hydrogen-bond donors (Lipinski definition) is 1. The van der Waals surface area contributed by atoms with Crippen molar-refractivity contribution in [3.05, 3.63) is 31.9 Å². The maximum Gasteiger partial charge on any atom is 0.293 e. The minimum atomic E-state index is -0.325. The molecule has 0 saturated heterocycles. The molecule has 0 aliphatic rings. The third-order valence-electron chi connectivity index (χ3n) is 3.05. The van der Waals surface area contributed by atoms with Crippen molar-refractivity contribution in [2.45, 2.75) is 52.0 Å². The Hall–Kier alpha value is -0.850. The number of nitro groups is 1. The van der Waals surface area contributed by atoms with Gasteiger partial charge in [0.1, 0.15) is 5.69 Å². The minimum Gasteiger partial charge on any atom is -0.377 e. The maximum absolute atomic E-state index is 11.0. The largest absolute Gasteiger partial charge is 0.377 e. The number of unbranched alkanes of at least 4 members (excludes halogenated alkanes) is 3. The van der Waals surface area contributed by atoms with Gasteiger partial charge in [0, 0.05) is 15.7 Å². The Balaban J connectivity index is 2.58. The molecule has 1 rings (SSSR count). The highest BCUT2D eigenvalue weighted by Crippen LogP contribution is 2.27. The van der Waals surface area contributed by atoms with Crippen LogP contribution in [0, 0.1) is 13.7 Å². The van der Waals surface area contributed by atoms with Crippen molar-refractivity contribution < 1.29 is 4.92 Å². The van der Waals surface area contributed by atoms with Crippen LogP contribution in [0.2, 0.25) is 0 Å². The number of halogens is 1. The van der Waals surface area contributed by atoms with Gasteiger partial charge in [-0.25, -0.2) is 0 Å². The van der Waals surface area contributed by atoms with E-state index in [1.54, 1.807) is 12.1 Å². The summed E-state index contributed by atoms with van der Waals surface area (Å²) in [6.45, 7) is 4.27. The third kappa shape index (κ3) is 5.76. The maximum atomic E-state index is 11.0. The summed E-state index contributed by atoms with van der Waals surface area (Å²) in [4.78, 5) is 10.7. The monoisotopic (exact) mass is 376 g/mol. The molecule has 106 valence electrons. The fraction of sp³-hybridized carbons (Fsp3) is 0.571. The topological polar surface area (TPSA) is 55.2 Å². The lowest BCUT2D eigenvalue weighted by Crippen LogP contribution is -2.16. The first-order valence-electron chi connectivity index (χ1n) is 6.75. The van der Waals surface area contributed by atoms with Crippen molar-refractivity contribution in [2.75, 3.05) is 5.32 Å². The second-order valence-electron chi connectivity index (χ2n) is 4.81. The quantitative estimate of drug-likeness (QED) is 0.302. The van der Waals surface area contributed by atoms with Crippen molar-refractivity contribution in [1.82, 2.24) is 0 Å². The fourth-order valence-electron chi connectivity index (χ4n) is 1.99. The molecule has 1 N–H and O–H groups in total. The van der Waals surface area contributed by atoms with Crippen LogP contribution in [0.25, 0.3) is 0 Å². The van der Waals surface area contributed by atoms with Crippen LogP contribution in [-0.2, 0) is 0 Å². The van der Waals surface area contributed by atoms with E-state index in [1.165, 1.54) is 25.7 Å². The van der Waals surface area contributed by atoms with Gasteiger partial charge in [-0.1, -0.05) is 32.6 Å². The lowest BCUT2D eigenvalue weighted by atomic mass is 10.1. The highest BCUT2D eigenvalue weighted by molar-refractivity contribution is 14.1. The number of anilines is 1. The summed E-state index contributed by atoms with van der Waals surface area (Å²) in [5, 5.41) is 14.3. The molecule has 5 heteroatoms. The van der Waals surface area contributed by atoms with Crippen molar-refractivity contribution in [1.29, 1.82) is 0 Å². The molecule has 0 amide bonds. The first-order valence-corrected chi connectivity index (χ1v) is 7.83. The van der Waals surface area contributed by atoms with Gasteiger partial charge in [-0.2, -0.15) is 0 Å². The van der Waals surface area contributed by atoms with Gasteiger partial charge < -0.3 is 5.32 Å². The van der Waals surface area contributed by atoms with Crippen molar-refractivity contribution in [3.63, 3.8) is 0 Å². The van der Waals surface area contributed by atoms with E-state index >= 15 is 0 Å². The number of nitrogens with one attached hydrogen (secondary N) is 1. The fourth-order valence-corrected chi connectivity index (χ4v) is 2.47. The highest BCUT2D eigenvalue weighted by atomic mass is 127. The van der Waals surface area contributed by atoms with Crippen LogP contribution in [0.4, 0.5) is 11.4 Å². The molecule has 0 bridgehead atoms. The molecule has 0 aliphatic heterocycles. The molecule has 1 atom stereocenters. The molecule has 1 aromatic carbocycles. The average molecular weight is 376 g/mol. The molecular weight excluding hydrogens is 355 g/mol. The molecule has 0 fully saturated rings. The van der Waals surface area contributed by atoms with Crippen molar-refractivity contribution in [3.8, 4) is 0 Å². The van der Waals surface area contributed by atoms with Crippen molar-refractivity contribution in [2.24, 2.45) is 0 Å². The number of rotatable bonds is 8. The van der Waals surface area contributed by atoms with E-state index in [9.17, 15) is 10.1 Å². The predicted molar refractivity (Wildman–Crippen MR) is 87.7 cm³/mol. The van der Waals surface area contributed by atoms with Gasteiger partial charge in [-0.3, -0.25) is 10.1 Å². The van der Waals surface area contributed by atoms with Crippen LogP contribution < -0.4 is 5.32 Å². The lowest BCUT2D eigenvalue weighted by Gasteiger charge is -2.15. The first kappa shape index (κ1) is 16.2. The third-order valence-corrected chi connectivity index (χ3v) is 3.72. The SMILES string of the molecule is CCCCCCC(C)Nc1ccc(I)cc1[N+](=O)[O-].